The fourth-order valence-electron chi connectivity index (χ4n) is 3.88. The molecular formula is C23H22ClN5O2. The van der Waals surface area contributed by atoms with E-state index in [1.54, 1.807) is 24.5 Å². The summed E-state index contributed by atoms with van der Waals surface area (Å²) < 4.78 is 2.01. The Balaban J connectivity index is 1.92. The molecule has 0 aliphatic rings. The normalized spacial score (nSPS) is 12.3. The predicted molar refractivity (Wildman–Crippen MR) is 123 cm³/mol. The minimum absolute atomic E-state index is 0.120. The monoisotopic (exact) mass is 435 g/mol. The fraction of sp³-hybridized carbons (Fsp3) is 0.217. The molecule has 4 rings (SSSR count). The van der Waals surface area contributed by atoms with E-state index in [-0.39, 0.29) is 16.9 Å². The minimum atomic E-state index is -1.14. The molecule has 0 aliphatic heterocycles. The van der Waals surface area contributed by atoms with E-state index in [4.69, 9.17) is 16.6 Å². The van der Waals surface area contributed by atoms with Gasteiger partial charge in [-0.05, 0) is 43.7 Å². The van der Waals surface area contributed by atoms with Crippen molar-refractivity contribution in [2.45, 2.75) is 33.2 Å². The van der Waals surface area contributed by atoms with E-state index >= 15 is 0 Å². The Morgan fingerprint density at radius 1 is 1.35 bits per heavy atom. The number of aromatic carboxylic acids is 1. The molecule has 0 fully saturated rings. The number of rotatable bonds is 6. The highest BCUT2D eigenvalue weighted by Gasteiger charge is 2.20. The second-order valence-corrected chi connectivity index (χ2v) is 7.77. The van der Waals surface area contributed by atoms with E-state index in [1.807, 2.05) is 18.2 Å². The highest BCUT2D eigenvalue weighted by Crippen LogP contribution is 2.32. The predicted octanol–water partition coefficient (Wildman–Crippen LogP) is 5.32. The van der Waals surface area contributed by atoms with Gasteiger partial charge in [0.05, 0.1) is 28.5 Å². The number of imidazole rings is 1. The molecule has 1 aromatic carbocycles. The van der Waals surface area contributed by atoms with Gasteiger partial charge in [-0.3, -0.25) is 4.40 Å². The third kappa shape index (κ3) is 3.61. The molecule has 0 amide bonds. The van der Waals surface area contributed by atoms with E-state index in [0.29, 0.717) is 5.69 Å². The van der Waals surface area contributed by atoms with Crippen LogP contribution in [0.3, 0.4) is 0 Å². The van der Waals surface area contributed by atoms with Crippen LogP contribution in [0.2, 0.25) is 5.15 Å². The molecule has 0 bridgehead atoms. The van der Waals surface area contributed by atoms with Crippen molar-refractivity contribution >= 4 is 45.8 Å². The van der Waals surface area contributed by atoms with Crippen molar-refractivity contribution in [3.05, 3.63) is 70.7 Å². The van der Waals surface area contributed by atoms with Crippen molar-refractivity contribution in [3.8, 4) is 0 Å². The molecular weight excluding hydrogens is 414 g/mol. The molecule has 4 aromatic rings. The number of benzene rings is 1. The number of aromatic nitrogens is 4. The number of carboxylic acid groups (broad SMARTS) is 1. The number of carbonyl (C=O) groups is 1. The van der Waals surface area contributed by atoms with Gasteiger partial charge in [0.25, 0.3) is 0 Å². The van der Waals surface area contributed by atoms with Crippen molar-refractivity contribution in [1.29, 1.82) is 0 Å². The summed E-state index contributed by atoms with van der Waals surface area (Å²) in [5.41, 5.74) is 4.90. The maximum atomic E-state index is 11.6. The maximum absolute atomic E-state index is 11.6. The van der Waals surface area contributed by atoms with Gasteiger partial charge >= 0.3 is 5.97 Å². The van der Waals surface area contributed by atoms with E-state index in [1.165, 1.54) is 0 Å². The molecule has 31 heavy (non-hydrogen) atoms. The number of carboxylic acids is 1. The van der Waals surface area contributed by atoms with Crippen molar-refractivity contribution in [2.24, 2.45) is 0 Å². The summed E-state index contributed by atoms with van der Waals surface area (Å²) in [6, 6.07) is 7.11. The van der Waals surface area contributed by atoms with Gasteiger partial charge < -0.3 is 10.4 Å². The number of aryl methyl sites for hydroxylation is 2. The Hall–Kier alpha value is -3.45. The number of anilines is 1. The number of hydrogen-bond acceptors (Lipinski definition) is 5. The lowest BCUT2D eigenvalue weighted by molar-refractivity contribution is 0.0691. The quantitative estimate of drug-likeness (QED) is 0.398. The van der Waals surface area contributed by atoms with Crippen LogP contribution in [0.5, 0.6) is 0 Å². The third-order valence-electron chi connectivity index (χ3n) is 5.27. The first kappa shape index (κ1) is 20.8. The van der Waals surface area contributed by atoms with Crippen LogP contribution in [0.25, 0.3) is 22.5 Å². The van der Waals surface area contributed by atoms with E-state index < -0.39 is 5.97 Å². The minimum Gasteiger partial charge on any atom is -0.476 e. The van der Waals surface area contributed by atoms with Gasteiger partial charge in [0.2, 0.25) is 0 Å². The largest absolute Gasteiger partial charge is 0.476 e. The lowest BCUT2D eigenvalue weighted by Gasteiger charge is -2.20. The molecule has 3 aromatic heterocycles. The number of hydrogen-bond donors (Lipinski definition) is 2. The topological polar surface area (TPSA) is 92.4 Å². The molecule has 1 atom stereocenters. The summed E-state index contributed by atoms with van der Waals surface area (Å²) in [6.07, 6.45) is 4.26. The first-order valence-corrected chi connectivity index (χ1v) is 10.3. The number of pyridine rings is 1. The second kappa shape index (κ2) is 8.00. The standard InChI is InChI=1S/C23H22ClN5O2/c1-5-16-22-15-10-12(3)9-14(20(15)28-19(6-2)29(22)11-25-16)13(4)26-17-7-8-18(24)27-21(17)23(30)31/h5,7-11,13,26H,1,6H2,2-4H3,(H,30,31)/t13-/m1/s1. The van der Waals surface area contributed by atoms with E-state index in [0.717, 1.165) is 45.5 Å². The summed E-state index contributed by atoms with van der Waals surface area (Å²) in [6.45, 7) is 9.95. The number of nitrogens with zero attached hydrogens (tertiary/aromatic N) is 4. The molecule has 0 saturated carbocycles. The van der Waals surface area contributed by atoms with Crippen molar-refractivity contribution in [3.63, 3.8) is 0 Å². The van der Waals surface area contributed by atoms with Gasteiger partial charge in [-0.15, -0.1) is 0 Å². The highest BCUT2D eigenvalue weighted by molar-refractivity contribution is 6.29. The van der Waals surface area contributed by atoms with Gasteiger partial charge in [-0.25, -0.2) is 19.7 Å². The molecule has 0 saturated heterocycles. The molecule has 0 aliphatic carbocycles. The van der Waals surface area contributed by atoms with Gasteiger partial charge in [0.1, 0.15) is 17.3 Å². The maximum Gasteiger partial charge on any atom is 0.356 e. The molecule has 0 unspecified atom stereocenters. The van der Waals surface area contributed by atoms with Crippen LogP contribution in [0.4, 0.5) is 5.69 Å². The van der Waals surface area contributed by atoms with E-state index in [9.17, 15) is 9.90 Å². The Labute approximate surface area is 184 Å². The van der Waals surface area contributed by atoms with Crippen LogP contribution in [-0.2, 0) is 6.42 Å². The zero-order valence-electron chi connectivity index (χ0n) is 17.5. The molecule has 158 valence electrons. The Morgan fingerprint density at radius 3 is 2.81 bits per heavy atom. The summed E-state index contributed by atoms with van der Waals surface area (Å²) in [7, 11) is 0. The molecule has 8 heteroatoms. The first-order chi connectivity index (χ1) is 14.8. The summed E-state index contributed by atoms with van der Waals surface area (Å²) in [5, 5.41) is 13.9. The number of halogens is 1. The third-order valence-corrected chi connectivity index (χ3v) is 5.48. The summed E-state index contributed by atoms with van der Waals surface area (Å²) in [4.78, 5) is 25.0. The lowest BCUT2D eigenvalue weighted by atomic mass is 9.99. The van der Waals surface area contributed by atoms with Crippen LogP contribution >= 0.6 is 11.6 Å². The second-order valence-electron chi connectivity index (χ2n) is 7.39. The average molecular weight is 436 g/mol. The lowest BCUT2D eigenvalue weighted by Crippen LogP contribution is -2.13. The van der Waals surface area contributed by atoms with Crippen molar-refractivity contribution in [2.75, 3.05) is 5.32 Å². The molecule has 0 radical (unpaired) electrons. The molecule has 0 spiro atoms. The molecule has 3 heterocycles. The van der Waals surface area contributed by atoms with Crippen molar-refractivity contribution < 1.29 is 9.90 Å². The zero-order valence-corrected chi connectivity index (χ0v) is 18.2. The SMILES string of the molecule is C=Cc1ncn2c(CC)nc3c([C@@H](C)Nc4ccc(Cl)nc4C(=O)O)cc(C)cc3c12. The van der Waals surface area contributed by atoms with E-state index in [2.05, 4.69) is 40.9 Å². The van der Waals surface area contributed by atoms with Crippen LogP contribution in [0, 0.1) is 6.92 Å². The van der Waals surface area contributed by atoms with Crippen LogP contribution in [0.15, 0.2) is 37.2 Å². The van der Waals surface area contributed by atoms with Crippen LogP contribution in [0.1, 0.15) is 53.0 Å². The number of nitrogens with one attached hydrogen (secondary N) is 1. The van der Waals surface area contributed by atoms with Crippen LogP contribution in [-0.4, -0.2) is 30.4 Å². The summed E-state index contributed by atoms with van der Waals surface area (Å²) >= 11 is 5.89. The summed E-state index contributed by atoms with van der Waals surface area (Å²) in [5.74, 6) is -0.255. The van der Waals surface area contributed by atoms with Crippen molar-refractivity contribution in [1.82, 2.24) is 19.4 Å². The Morgan fingerprint density at radius 2 is 2.13 bits per heavy atom. The molecule has 7 nitrogen and oxygen atoms in total. The first-order valence-electron chi connectivity index (χ1n) is 9.93. The van der Waals surface area contributed by atoms with Gasteiger partial charge in [0.15, 0.2) is 5.69 Å². The van der Waals surface area contributed by atoms with Gasteiger partial charge in [-0.1, -0.05) is 31.2 Å². The molecule has 2 N–H and O–H groups in total. The fourth-order valence-corrected chi connectivity index (χ4v) is 4.02. The Bertz CT molecular complexity index is 1350. The Kier molecular flexibility index (Phi) is 5.37. The average Bonchev–Trinajstić information content (AvgIpc) is 3.18. The van der Waals surface area contributed by atoms with Gasteiger partial charge in [0, 0.05) is 17.4 Å². The zero-order chi connectivity index (χ0) is 22.3. The van der Waals surface area contributed by atoms with Crippen LogP contribution < -0.4 is 5.32 Å². The smallest absolute Gasteiger partial charge is 0.356 e. The van der Waals surface area contributed by atoms with Gasteiger partial charge in [-0.2, -0.15) is 0 Å². The highest BCUT2D eigenvalue weighted by atomic mass is 35.5. The number of fused-ring (bicyclic) bond motifs is 3.